The van der Waals surface area contributed by atoms with E-state index < -0.39 is 0 Å². The van der Waals surface area contributed by atoms with Crippen LogP contribution >= 0.6 is 0 Å². The van der Waals surface area contributed by atoms with Gasteiger partial charge in [-0.15, -0.1) is 0 Å². The van der Waals surface area contributed by atoms with E-state index in [0.717, 1.165) is 29.8 Å². The van der Waals surface area contributed by atoms with Crippen LogP contribution in [0.3, 0.4) is 0 Å². The monoisotopic (exact) mass is 324 g/mol. The maximum Gasteiger partial charge on any atom is 0.272 e. The van der Waals surface area contributed by atoms with E-state index in [-0.39, 0.29) is 11.9 Å². The van der Waals surface area contributed by atoms with E-state index in [1.807, 2.05) is 36.4 Å². The zero-order valence-corrected chi connectivity index (χ0v) is 13.4. The summed E-state index contributed by atoms with van der Waals surface area (Å²) < 4.78 is 5.59. The van der Waals surface area contributed by atoms with Crippen LogP contribution in [-0.4, -0.2) is 40.6 Å². The number of hydrogen-bond donors (Lipinski definition) is 2. The number of rotatable bonds is 5. The number of nitrogens with one attached hydrogen (secondary N) is 2. The van der Waals surface area contributed by atoms with Crippen molar-refractivity contribution in [1.82, 2.24) is 20.4 Å². The highest BCUT2D eigenvalue weighted by Crippen LogP contribution is 2.25. The fraction of sp³-hybridized carbons (Fsp3) is 0.333. The predicted octanol–water partition coefficient (Wildman–Crippen LogP) is 2.72. The minimum absolute atomic E-state index is 0.0663. The molecule has 124 valence electrons. The van der Waals surface area contributed by atoms with Crippen LogP contribution in [-0.2, 0) is 0 Å². The summed E-state index contributed by atoms with van der Waals surface area (Å²) in [6.45, 7) is 2.58. The third-order valence-corrected chi connectivity index (χ3v) is 4.59. The molecule has 0 bridgehead atoms. The van der Waals surface area contributed by atoms with Crippen molar-refractivity contribution >= 4 is 16.8 Å². The average molecular weight is 324 g/mol. The number of aromatic amines is 1. The van der Waals surface area contributed by atoms with E-state index in [0.29, 0.717) is 12.2 Å². The number of likely N-dealkylation sites (tertiary alicyclic amines) is 1. The fourth-order valence-corrected chi connectivity index (χ4v) is 3.35. The van der Waals surface area contributed by atoms with Gasteiger partial charge in [-0.25, -0.2) is 0 Å². The number of aromatic nitrogens is 2. The molecule has 4 rings (SSSR count). The lowest BCUT2D eigenvalue weighted by molar-refractivity contribution is 0.0930. The Morgan fingerprint density at radius 1 is 1.25 bits per heavy atom. The van der Waals surface area contributed by atoms with E-state index in [4.69, 9.17) is 4.42 Å². The minimum atomic E-state index is -0.164. The van der Waals surface area contributed by atoms with Gasteiger partial charge in [-0.2, -0.15) is 5.10 Å². The van der Waals surface area contributed by atoms with Crippen LogP contribution in [0.1, 0.15) is 35.1 Å². The smallest absolute Gasteiger partial charge is 0.272 e. The molecule has 6 nitrogen and oxygen atoms in total. The summed E-state index contributed by atoms with van der Waals surface area (Å²) in [5, 5.41) is 10.9. The highest BCUT2D eigenvalue weighted by molar-refractivity contribution is 6.04. The molecule has 3 aromatic rings. The van der Waals surface area contributed by atoms with E-state index in [1.165, 1.54) is 12.8 Å². The predicted molar refractivity (Wildman–Crippen MR) is 90.7 cm³/mol. The molecule has 6 heteroatoms. The maximum absolute atomic E-state index is 12.6. The highest BCUT2D eigenvalue weighted by atomic mass is 16.3. The van der Waals surface area contributed by atoms with Crippen molar-refractivity contribution in [2.24, 2.45) is 0 Å². The Morgan fingerprint density at radius 2 is 2.08 bits per heavy atom. The number of amides is 1. The zero-order chi connectivity index (χ0) is 16.4. The van der Waals surface area contributed by atoms with Crippen LogP contribution in [0.25, 0.3) is 10.9 Å². The Balaban J connectivity index is 1.50. The number of nitrogens with zero attached hydrogens (tertiary/aromatic N) is 2. The number of fused-ring (bicyclic) bond motifs is 1. The second kappa shape index (κ2) is 6.49. The first kappa shape index (κ1) is 15.0. The van der Waals surface area contributed by atoms with Crippen molar-refractivity contribution in [3.05, 3.63) is 54.1 Å². The van der Waals surface area contributed by atoms with Crippen LogP contribution in [0.2, 0.25) is 0 Å². The van der Waals surface area contributed by atoms with Gasteiger partial charge in [0.05, 0.1) is 17.8 Å². The van der Waals surface area contributed by atoms with Crippen LogP contribution in [0, 0.1) is 0 Å². The quantitative estimate of drug-likeness (QED) is 0.757. The fourth-order valence-electron chi connectivity index (χ4n) is 3.35. The summed E-state index contributed by atoms with van der Waals surface area (Å²) >= 11 is 0. The van der Waals surface area contributed by atoms with E-state index in [9.17, 15) is 4.79 Å². The third-order valence-electron chi connectivity index (χ3n) is 4.59. The first-order valence-corrected chi connectivity index (χ1v) is 8.31. The molecule has 24 heavy (non-hydrogen) atoms. The van der Waals surface area contributed by atoms with Crippen molar-refractivity contribution in [2.45, 2.75) is 18.9 Å². The molecule has 3 heterocycles. The molecule has 1 atom stereocenters. The molecule has 1 aromatic carbocycles. The normalized spacial score (nSPS) is 16.5. The van der Waals surface area contributed by atoms with Gasteiger partial charge in [0, 0.05) is 11.9 Å². The molecule has 0 saturated carbocycles. The van der Waals surface area contributed by atoms with Crippen molar-refractivity contribution in [3.63, 3.8) is 0 Å². The molecule has 1 amide bonds. The zero-order valence-electron chi connectivity index (χ0n) is 13.4. The molecule has 0 radical (unpaired) electrons. The molecule has 1 aliphatic rings. The number of hydrogen-bond acceptors (Lipinski definition) is 4. The summed E-state index contributed by atoms with van der Waals surface area (Å²) in [6.07, 6.45) is 4.06. The molecule has 2 aromatic heterocycles. The van der Waals surface area contributed by atoms with Gasteiger partial charge in [0.15, 0.2) is 5.69 Å². The topological polar surface area (TPSA) is 74.2 Å². The molecular formula is C18H20N4O2. The van der Waals surface area contributed by atoms with Crippen molar-refractivity contribution in [3.8, 4) is 0 Å². The van der Waals surface area contributed by atoms with E-state index >= 15 is 0 Å². The Hall–Kier alpha value is -2.60. The molecule has 0 aliphatic carbocycles. The molecule has 0 spiro atoms. The molecule has 1 unspecified atom stereocenters. The molecule has 1 fully saturated rings. The van der Waals surface area contributed by atoms with Crippen molar-refractivity contribution < 1.29 is 9.21 Å². The second-order valence-corrected chi connectivity index (χ2v) is 6.10. The molecule has 1 aliphatic heterocycles. The van der Waals surface area contributed by atoms with Gasteiger partial charge in [0.2, 0.25) is 0 Å². The number of para-hydroxylation sites is 1. The SMILES string of the molecule is O=C(NCC(c1ccco1)N1CCCC1)c1n[nH]c2ccccc12. The summed E-state index contributed by atoms with van der Waals surface area (Å²) in [5.74, 6) is 0.729. The van der Waals surface area contributed by atoms with Crippen molar-refractivity contribution in [2.75, 3.05) is 19.6 Å². The van der Waals surface area contributed by atoms with E-state index in [1.54, 1.807) is 6.26 Å². The number of benzene rings is 1. The van der Waals surface area contributed by atoms with Gasteiger partial charge < -0.3 is 9.73 Å². The standard InChI is InChI=1S/C18H20N4O2/c23-18(17-13-6-1-2-7-14(13)20-21-17)19-12-15(16-8-5-11-24-16)22-9-3-4-10-22/h1-2,5-8,11,15H,3-4,9-10,12H2,(H,19,23)(H,20,21). The number of H-pyrrole nitrogens is 1. The van der Waals surface area contributed by atoms with Gasteiger partial charge in [-0.05, 0) is 44.1 Å². The number of carbonyl (C=O) groups excluding carboxylic acids is 1. The first-order chi connectivity index (χ1) is 11.8. The van der Waals surface area contributed by atoms with Gasteiger partial charge in [0.1, 0.15) is 5.76 Å². The average Bonchev–Trinajstić information content (AvgIpc) is 3.36. The Kier molecular flexibility index (Phi) is 4.04. The minimum Gasteiger partial charge on any atom is -0.468 e. The van der Waals surface area contributed by atoms with Crippen LogP contribution in [0.4, 0.5) is 0 Å². The summed E-state index contributed by atoms with van der Waals surface area (Å²) in [4.78, 5) is 14.9. The summed E-state index contributed by atoms with van der Waals surface area (Å²) in [6, 6.07) is 11.6. The van der Waals surface area contributed by atoms with Gasteiger partial charge in [-0.3, -0.25) is 14.8 Å². The lowest BCUT2D eigenvalue weighted by atomic mass is 10.1. The largest absolute Gasteiger partial charge is 0.468 e. The molecule has 1 saturated heterocycles. The summed E-state index contributed by atoms with van der Waals surface area (Å²) in [7, 11) is 0. The molecular weight excluding hydrogens is 304 g/mol. The number of carbonyl (C=O) groups is 1. The summed E-state index contributed by atoms with van der Waals surface area (Å²) in [5.41, 5.74) is 1.30. The van der Waals surface area contributed by atoms with Crippen molar-refractivity contribution in [1.29, 1.82) is 0 Å². The molecule has 2 N–H and O–H groups in total. The van der Waals surface area contributed by atoms with Gasteiger partial charge in [-0.1, -0.05) is 18.2 Å². The van der Waals surface area contributed by atoms with Crippen LogP contribution in [0.5, 0.6) is 0 Å². The Morgan fingerprint density at radius 3 is 2.88 bits per heavy atom. The third kappa shape index (κ3) is 2.80. The Bertz CT molecular complexity index is 819. The van der Waals surface area contributed by atoms with Crippen LogP contribution in [0.15, 0.2) is 47.1 Å². The Labute approximate surface area is 139 Å². The lowest BCUT2D eigenvalue weighted by Crippen LogP contribution is -2.36. The second-order valence-electron chi connectivity index (χ2n) is 6.10. The number of furan rings is 1. The lowest BCUT2D eigenvalue weighted by Gasteiger charge is -2.25. The maximum atomic E-state index is 12.6. The van der Waals surface area contributed by atoms with Gasteiger partial charge >= 0.3 is 0 Å². The first-order valence-electron chi connectivity index (χ1n) is 8.31. The van der Waals surface area contributed by atoms with Gasteiger partial charge in [0.25, 0.3) is 5.91 Å². The van der Waals surface area contributed by atoms with Crippen LogP contribution < -0.4 is 5.32 Å². The highest BCUT2D eigenvalue weighted by Gasteiger charge is 2.26. The van der Waals surface area contributed by atoms with E-state index in [2.05, 4.69) is 20.4 Å².